The molecule has 2 bridgehead atoms. The molecule has 0 saturated heterocycles. The van der Waals surface area contributed by atoms with Crippen molar-refractivity contribution in [3.8, 4) is 0 Å². The van der Waals surface area contributed by atoms with Crippen molar-refractivity contribution in [1.82, 2.24) is 0 Å². The summed E-state index contributed by atoms with van der Waals surface area (Å²) in [5.41, 5.74) is 6.65. The zero-order valence-corrected chi connectivity index (χ0v) is 13.9. The fraction of sp³-hybridized carbons (Fsp3) is 0.273. The first-order chi connectivity index (χ1) is 11.2. The number of nitrogens with zero attached hydrogens (tertiary/aromatic N) is 1. The van der Waals surface area contributed by atoms with Gasteiger partial charge in [-0.15, -0.1) is 0 Å². The van der Waals surface area contributed by atoms with E-state index in [0.29, 0.717) is 11.8 Å². The number of benzene rings is 2. The second-order valence-electron chi connectivity index (χ2n) is 6.80. The molecule has 0 radical (unpaired) electrons. The number of anilines is 2. The van der Waals surface area contributed by atoms with Gasteiger partial charge in [0.25, 0.3) is 0 Å². The van der Waals surface area contributed by atoms with E-state index in [9.17, 15) is 0 Å². The molecule has 0 heterocycles. The highest BCUT2D eigenvalue weighted by atomic mass is 15.1. The molecule has 0 aliphatic heterocycles. The van der Waals surface area contributed by atoms with Crippen LogP contribution in [0.5, 0.6) is 0 Å². The standard InChI is InChI=1S/C22H23N/c1-16-3-11-20(12-4-16)23(2)21-13-9-19(10-14-21)22-15-17-5-7-18(22)8-6-17/h3-5,7,9-15,17-18H,6,8H2,1-2H3. The van der Waals surface area contributed by atoms with E-state index in [4.69, 9.17) is 0 Å². The zero-order chi connectivity index (χ0) is 15.8. The molecule has 3 aliphatic carbocycles. The van der Waals surface area contributed by atoms with Crippen LogP contribution in [0.4, 0.5) is 11.4 Å². The van der Waals surface area contributed by atoms with E-state index >= 15 is 0 Å². The summed E-state index contributed by atoms with van der Waals surface area (Å²) in [7, 11) is 2.13. The average Bonchev–Trinajstić information content (AvgIpc) is 2.63. The highest BCUT2D eigenvalue weighted by Gasteiger charge is 2.25. The molecule has 116 valence electrons. The number of hydrogen-bond donors (Lipinski definition) is 0. The van der Waals surface area contributed by atoms with Crippen LogP contribution in [0, 0.1) is 18.8 Å². The van der Waals surface area contributed by atoms with Gasteiger partial charge < -0.3 is 4.90 Å². The third-order valence-electron chi connectivity index (χ3n) is 5.20. The van der Waals surface area contributed by atoms with Crippen molar-refractivity contribution >= 4 is 16.9 Å². The van der Waals surface area contributed by atoms with Crippen LogP contribution in [0.2, 0.25) is 0 Å². The molecule has 3 aliphatic rings. The van der Waals surface area contributed by atoms with Crippen molar-refractivity contribution in [2.45, 2.75) is 19.8 Å². The largest absolute Gasteiger partial charge is 0.345 e. The smallest absolute Gasteiger partial charge is 0.0408 e. The molecule has 0 spiro atoms. The van der Waals surface area contributed by atoms with Crippen LogP contribution in [0.1, 0.15) is 24.0 Å². The number of rotatable bonds is 3. The Bertz CT molecular complexity index is 750. The Labute approximate surface area is 139 Å². The maximum Gasteiger partial charge on any atom is 0.0408 e. The van der Waals surface area contributed by atoms with E-state index in [2.05, 4.69) is 85.6 Å². The van der Waals surface area contributed by atoms with Gasteiger partial charge in [-0.3, -0.25) is 0 Å². The SMILES string of the molecule is Cc1ccc(N(C)c2ccc(C3=CC4C=CC3CC4)cc2)cc1. The molecule has 1 nitrogen and oxygen atoms in total. The van der Waals surface area contributed by atoms with Crippen LogP contribution < -0.4 is 4.90 Å². The third-order valence-corrected chi connectivity index (χ3v) is 5.20. The first kappa shape index (κ1) is 14.3. The maximum absolute atomic E-state index is 2.47. The minimum Gasteiger partial charge on any atom is -0.345 e. The van der Waals surface area contributed by atoms with Crippen molar-refractivity contribution in [3.05, 3.63) is 77.9 Å². The van der Waals surface area contributed by atoms with Gasteiger partial charge in [0.1, 0.15) is 0 Å². The summed E-state index contributed by atoms with van der Waals surface area (Å²) in [5, 5.41) is 0. The molecule has 0 N–H and O–H groups in total. The van der Waals surface area contributed by atoms with Gasteiger partial charge in [-0.1, -0.05) is 48.1 Å². The topological polar surface area (TPSA) is 3.24 Å². The highest BCUT2D eigenvalue weighted by molar-refractivity contribution is 5.73. The Kier molecular flexibility index (Phi) is 3.57. The predicted octanol–water partition coefficient (Wildman–Crippen LogP) is 5.74. The molecular formula is C22H23N. The molecule has 5 rings (SSSR count). The maximum atomic E-state index is 2.47. The van der Waals surface area contributed by atoms with Gasteiger partial charge in [-0.2, -0.15) is 0 Å². The van der Waals surface area contributed by atoms with Crippen molar-refractivity contribution in [1.29, 1.82) is 0 Å². The molecule has 2 aromatic rings. The van der Waals surface area contributed by atoms with E-state index in [1.165, 1.54) is 40.9 Å². The third kappa shape index (κ3) is 2.72. The first-order valence-corrected chi connectivity index (χ1v) is 8.51. The molecule has 0 saturated carbocycles. The molecule has 2 aromatic carbocycles. The molecule has 2 atom stereocenters. The Morgan fingerprint density at radius 3 is 2.00 bits per heavy atom. The van der Waals surface area contributed by atoms with Gasteiger partial charge in [0.15, 0.2) is 0 Å². The van der Waals surface area contributed by atoms with Crippen LogP contribution in [-0.4, -0.2) is 7.05 Å². The van der Waals surface area contributed by atoms with Crippen molar-refractivity contribution in [2.24, 2.45) is 11.8 Å². The second-order valence-corrected chi connectivity index (χ2v) is 6.80. The first-order valence-electron chi connectivity index (χ1n) is 8.51. The fourth-order valence-electron chi connectivity index (χ4n) is 3.70. The molecule has 2 unspecified atom stereocenters. The predicted molar refractivity (Wildman–Crippen MR) is 99.0 cm³/mol. The van der Waals surface area contributed by atoms with Gasteiger partial charge >= 0.3 is 0 Å². The molecule has 0 amide bonds. The summed E-state index contributed by atoms with van der Waals surface area (Å²) >= 11 is 0. The van der Waals surface area contributed by atoms with Gasteiger partial charge in [0, 0.05) is 24.3 Å². The summed E-state index contributed by atoms with van der Waals surface area (Å²) in [4.78, 5) is 2.24. The number of fused-ring (bicyclic) bond motifs is 1. The molecule has 23 heavy (non-hydrogen) atoms. The highest BCUT2D eigenvalue weighted by Crippen LogP contribution is 2.41. The van der Waals surface area contributed by atoms with Crippen molar-refractivity contribution in [3.63, 3.8) is 0 Å². The molecule has 0 fully saturated rings. The zero-order valence-electron chi connectivity index (χ0n) is 13.9. The molecular weight excluding hydrogens is 278 g/mol. The van der Waals surface area contributed by atoms with E-state index < -0.39 is 0 Å². The summed E-state index contributed by atoms with van der Waals surface area (Å²) < 4.78 is 0. The van der Waals surface area contributed by atoms with Crippen LogP contribution in [-0.2, 0) is 0 Å². The summed E-state index contributed by atoms with van der Waals surface area (Å²) in [6.45, 7) is 2.12. The summed E-state index contributed by atoms with van der Waals surface area (Å²) in [6, 6.07) is 17.7. The number of hydrogen-bond acceptors (Lipinski definition) is 1. The Hall–Kier alpha value is -2.28. The number of aryl methyl sites for hydroxylation is 1. The summed E-state index contributed by atoms with van der Waals surface area (Å²) in [6.07, 6.45) is 9.86. The normalized spacial score (nSPS) is 22.1. The lowest BCUT2D eigenvalue weighted by Crippen LogP contribution is -2.16. The minimum atomic E-state index is 0.626. The lowest BCUT2D eigenvalue weighted by atomic mass is 9.74. The van der Waals surface area contributed by atoms with Gasteiger partial charge in [-0.25, -0.2) is 0 Å². The van der Waals surface area contributed by atoms with Gasteiger partial charge in [0.2, 0.25) is 0 Å². The quantitative estimate of drug-likeness (QED) is 0.653. The summed E-state index contributed by atoms with van der Waals surface area (Å²) in [5.74, 6) is 1.28. The molecule has 0 aromatic heterocycles. The van der Waals surface area contributed by atoms with Gasteiger partial charge in [0.05, 0.1) is 0 Å². The second kappa shape index (κ2) is 5.73. The van der Waals surface area contributed by atoms with E-state index in [-0.39, 0.29) is 0 Å². The minimum absolute atomic E-state index is 0.626. The Balaban J connectivity index is 1.57. The van der Waals surface area contributed by atoms with Crippen LogP contribution >= 0.6 is 0 Å². The van der Waals surface area contributed by atoms with E-state index in [1.807, 2.05) is 0 Å². The fourth-order valence-corrected chi connectivity index (χ4v) is 3.70. The van der Waals surface area contributed by atoms with Crippen LogP contribution in [0.25, 0.3) is 5.57 Å². The van der Waals surface area contributed by atoms with E-state index in [1.54, 1.807) is 0 Å². The van der Waals surface area contributed by atoms with E-state index in [0.717, 1.165) is 0 Å². The van der Waals surface area contributed by atoms with Crippen LogP contribution in [0.3, 0.4) is 0 Å². The number of allylic oxidation sites excluding steroid dienone is 4. The Morgan fingerprint density at radius 2 is 1.48 bits per heavy atom. The monoisotopic (exact) mass is 301 g/mol. The average molecular weight is 301 g/mol. The Morgan fingerprint density at radius 1 is 0.826 bits per heavy atom. The van der Waals surface area contributed by atoms with Crippen molar-refractivity contribution < 1.29 is 0 Å². The lowest BCUT2D eigenvalue weighted by molar-refractivity contribution is 0.543. The van der Waals surface area contributed by atoms with Crippen LogP contribution in [0.15, 0.2) is 66.8 Å². The molecule has 1 heteroatoms. The lowest BCUT2D eigenvalue weighted by Gasteiger charge is -2.31. The van der Waals surface area contributed by atoms with Gasteiger partial charge in [-0.05, 0) is 61.1 Å². The van der Waals surface area contributed by atoms with Crippen molar-refractivity contribution in [2.75, 3.05) is 11.9 Å².